The van der Waals surface area contributed by atoms with Gasteiger partial charge in [0.25, 0.3) is 0 Å². The van der Waals surface area contributed by atoms with Gasteiger partial charge in [-0.1, -0.05) is 0 Å². The zero-order chi connectivity index (χ0) is 12.5. The minimum atomic E-state index is -0.422. The summed E-state index contributed by atoms with van der Waals surface area (Å²) in [7, 11) is 1.65. The van der Waals surface area contributed by atoms with Crippen molar-refractivity contribution in [2.75, 3.05) is 26.9 Å². The number of carbonyl (C=O) groups excluding carboxylic acids is 1. The smallest absolute Gasteiger partial charge is 0.236 e. The molecule has 0 bridgehead atoms. The summed E-state index contributed by atoms with van der Waals surface area (Å²) >= 11 is 0. The highest BCUT2D eigenvalue weighted by Crippen LogP contribution is 2.14. The third kappa shape index (κ3) is 6.00. The van der Waals surface area contributed by atoms with Crippen LogP contribution in [0.2, 0.25) is 0 Å². The van der Waals surface area contributed by atoms with Gasteiger partial charge >= 0.3 is 0 Å². The minimum Gasteiger partial charge on any atom is -0.385 e. The highest BCUT2D eigenvalue weighted by molar-refractivity contribution is 5.81. The molecule has 0 aliphatic carbocycles. The van der Waals surface area contributed by atoms with Crippen molar-refractivity contribution in [2.45, 2.75) is 44.2 Å². The largest absolute Gasteiger partial charge is 0.385 e. The standard InChI is InChI=1S/C12H24N2O3/c1-16-8-3-5-11(13)12(15)14-7-6-10-4-2-9-17-10/h10-11H,2-9,13H2,1H3,(H,14,15). The molecule has 1 rings (SSSR count). The first-order chi connectivity index (χ1) is 8.24. The average Bonchev–Trinajstić information content (AvgIpc) is 2.82. The van der Waals surface area contributed by atoms with E-state index in [0.29, 0.717) is 25.7 Å². The van der Waals surface area contributed by atoms with Crippen LogP contribution in [0.1, 0.15) is 32.1 Å². The number of amides is 1. The number of nitrogens with one attached hydrogen (secondary N) is 1. The quantitative estimate of drug-likeness (QED) is 0.607. The molecular weight excluding hydrogens is 220 g/mol. The summed E-state index contributed by atoms with van der Waals surface area (Å²) in [6.07, 6.45) is 4.93. The lowest BCUT2D eigenvalue weighted by molar-refractivity contribution is -0.122. The number of hydrogen-bond donors (Lipinski definition) is 2. The van der Waals surface area contributed by atoms with Crippen LogP contribution in [0.4, 0.5) is 0 Å². The van der Waals surface area contributed by atoms with Crippen molar-refractivity contribution < 1.29 is 14.3 Å². The van der Waals surface area contributed by atoms with Crippen LogP contribution >= 0.6 is 0 Å². The summed E-state index contributed by atoms with van der Waals surface area (Å²) in [5.41, 5.74) is 5.75. The maximum absolute atomic E-state index is 11.6. The molecule has 0 saturated carbocycles. The van der Waals surface area contributed by atoms with Gasteiger partial charge in [-0.15, -0.1) is 0 Å². The van der Waals surface area contributed by atoms with E-state index in [9.17, 15) is 4.79 Å². The number of hydrogen-bond acceptors (Lipinski definition) is 4. The van der Waals surface area contributed by atoms with Crippen LogP contribution in [0.3, 0.4) is 0 Å². The summed E-state index contributed by atoms with van der Waals surface area (Å²) in [4.78, 5) is 11.6. The highest BCUT2D eigenvalue weighted by atomic mass is 16.5. The maximum Gasteiger partial charge on any atom is 0.236 e. The molecule has 5 nitrogen and oxygen atoms in total. The number of ether oxygens (including phenoxy) is 2. The summed E-state index contributed by atoms with van der Waals surface area (Å²) in [6.45, 7) is 2.16. The van der Waals surface area contributed by atoms with Crippen LogP contribution in [0, 0.1) is 0 Å². The van der Waals surface area contributed by atoms with Crippen LogP contribution in [0.5, 0.6) is 0 Å². The second-order valence-corrected chi connectivity index (χ2v) is 4.46. The van der Waals surface area contributed by atoms with Crippen LogP contribution < -0.4 is 11.1 Å². The van der Waals surface area contributed by atoms with Crippen molar-refractivity contribution >= 4 is 5.91 Å². The van der Waals surface area contributed by atoms with Crippen molar-refractivity contribution in [3.05, 3.63) is 0 Å². The zero-order valence-electron chi connectivity index (χ0n) is 10.6. The van der Waals surface area contributed by atoms with E-state index in [0.717, 1.165) is 32.3 Å². The lowest BCUT2D eigenvalue weighted by Crippen LogP contribution is -2.41. The molecule has 0 aromatic heterocycles. The van der Waals surface area contributed by atoms with Gasteiger partial charge in [-0.3, -0.25) is 4.79 Å². The van der Waals surface area contributed by atoms with Crippen LogP contribution in [0.15, 0.2) is 0 Å². The Kier molecular flexibility index (Phi) is 7.16. The Morgan fingerprint density at radius 3 is 3.12 bits per heavy atom. The van der Waals surface area contributed by atoms with E-state index in [1.54, 1.807) is 7.11 Å². The summed E-state index contributed by atoms with van der Waals surface area (Å²) < 4.78 is 10.4. The molecule has 17 heavy (non-hydrogen) atoms. The summed E-state index contributed by atoms with van der Waals surface area (Å²) in [5.74, 6) is -0.0703. The Morgan fingerprint density at radius 1 is 1.65 bits per heavy atom. The fourth-order valence-corrected chi connectivity index (χ4v) is 1.94. The molecule has 1 fully saturated rings. The Bertz CT molecular complexity index is 218. The molecule has 1 aliphatic heterocycles. The molecule has 1 saturated heterocycles. The van der Waals surface area contributed by atoms with Crippen molar-refractivity contribution in [1.29, 1.82) is 0 Å². The number of methoxy groups -OCH3 is 1. The highest BCUT2D eigenvalue weighted by Gasteiger charge is 2.16. The normalized spacial score (nSPS) is 21.4. The van der Waals surface area contributed by atoms with E-state index >= 15 is 0 Å². The molecule has 2 unspecified atom stereocenters. The van der Waals surface area contributed by atoms with Crippen molar-refractivity contribution in [3.8, 4) is 0 Å². The lowest BCUT2D eigenvalue weighted by atomic mass is 10.1. The number of rotatable bonds is 8. The molecule has 0 aromatic carbocycles. The van der Waals surface area contributed by atoms with Crippen LogP contribution in [-0.2, 0) is 14.3 Å². The van der Waals surface area contributed by atoms with Crippen molar-refractivity contribution in [3.63, 3.8) is 0 Å². The molecule has 100 valence electrons. The second kappa shape index (κ2) is 8.44. The molecular formula is C12H24N2O3. The monoisotopic (exact) mass is 244 g/mol. The fourth-order valence-electron chi connectivity index (χ4n) is 1.94. The van der Waals surface area contributed by atoms with Gasteiger partial charge in [0.15, 0.2) is 0 Å². The lowest BCUT2D eigenvalue weighted by Gasteiger charge is -2.13. The Morgan fingerprint density at radius 2 is 2.47 bits per heavy atom. The Labute approximate surface area is 103 Å². The molecule has 0 radical (unpaired) electrons. The van der Waals surface area contributed by atoms with E-state index in [-0.39, 0.29) is 5.91 Å². The van der Waals surface area contributed by atoms with Gasteiger partial charge in [-0.05, 0) is 32.1 Å². The molecule has 5 heteroatoms. The van der Waals surface area contributed by atoms with Gasteiger partial charge in [-0.25, -0.2) is 0 Å². The topological polar surface area (TPSA) is 73.6 Å². The van der Waals surface area contributed by atoms with Gasteiger partial charge < -0.3 is 20.5 Å². The fraction of sp³-hybridized carbons (Fsp3) is 0.917. The first-order valence-corrected chi connectivity index (χ1v) is 6.38. The first-order valence-electron chi connectivity index (χ1n) is 6.38. The molecule has 2 atom stereocenters. The summed E-state index contributed by atoms with van der Waals surface area (Å²) in [6, 6.07) is -0.422. The molecule has 1 heterocycles. The predicted octanol–water partition coefficient (Wildman–Crippen LogP) is 0.426. The zero-order valence-corrected chi connectivity index (χ0v) is 10.6. The Balaban J connectivity index is 2.02. The van der Waals surface area contributed by atoms with Gasteiger partial charge in [0.05, 0.1) is 12.1 Å². The average molecular weight is 244 g/mol. The summed E-state index contributed by atoms with van der Waals surface area (Å²) in [5, 5.41) is 2.85. The molecule has 3 N–H and O–H groups in total. The first kappa shape index (κ1) is 14.4. The third-order valence-electron chi connectivity index (χ3n) is 2.99. The molecule has 1 amide bonds. The maximum atomic E-state index is 11.6. The predicted molar refractivity (Wildman–Crippen MR) is 65.7 cm³/mol. The van der Waals surface area contributed by atoms with E-state index in [1.165, 1.54) is 0 Å². The van der Waals surface area contributed by atoms with Gasteiger partial charge in [0.1, 0.15) is 0 Å². The van der Waals surface area contributed by atoms with Crippen molar-refractivity contribution in [2.24, 2.45) is 5.73 Å². The molecule has 0 spiro atoms. The minimum absolute atomic E-state index is 0.0703. The van der Waals surface area contributed by atoms with Crippen LogP contribution in [-0.4, -0.2) is 44.9 Å². The van der Waals surface area contributed by atoms with Crippen molar-refractivity contribution in [1.82, 2.24) is 5.32 Å². The van der Waals surface area contributed by atoms with E-state index in [2.05, 4.69) is 5.32 Å². The number of carbonyl (C=O) groups is 1. The van der Waals surface area contributed by atoms with Gasteiger partial charge in [-0.2, -0.15) is 0 Å². The number of nitrogens with two attached hydrogens (primary N) is 1. The second-order valence-electron chi connectivity index (χ2n) is 4.46. The molecule has 1 aliphatic rings. The van der Waals surface area contributed by atoms with E-state index in [4.69, 9.17) is 15.2 Å². The van der Waals surface area contributed by atoms with Crippen LogP contribution in [0.25, 0.3) is 0 Å². The van der Waals surface area contributed by atoms with Gasteiger partial charge in [0, 0.05) is 26.9 Å². The Hall–Kier alpha value is -0.650. The molecule has 0 aromatic rings. The van der Waals surface area contributed by atoms with E-state index < -0.39 is 6.04 Å². The SMILES string of the molecule is COCCCC(N)C(=O)NCCC1CCCO1. The van der Waals surface area contributed by atoms with E-state index in [1.807, 2.05) is 0 Å². The third-order valence-corrected chi connectivity index (χ3v) is 2.99. The van der Waals surface area contributed by atoms with Gasteiger partial charge in [0.2, 0.25) is 5.91 Å².